The number of hydrogen-bond acceptors (Lipinski definition) is 3. The second kappa shape index (κ2) is 7.01. The third kappa shape index (κ3) is 2.99. The van der Waals surface area contributed by atoms with Crippen LogP contribution in [0.5, 0.6) is 5.75 Å². The van der Waals surface area contributed by atoms with Gasteiger partial charge in [-0.15, -0.1) is 0 Å². The highest BCUT2D eigenvalue weighted by Crippen LogP contribution is 2.43. The number of aromatic nitrogens is 2. The zero-order valence-corrected chi connectivity index (χ0v) is 19.3. The topological polar surface area (TPSA) is 46.0 Å². The molecular weight excluding hydrogens is 516 g/mol. The number of nitrogens with zero attached hydrogens (tertiary/aromatic N) is 2. The normalized spacial score (nSPS) is 11.7. The van der Waals surface area contributed by atoms with Crippen molar-refractivity contribution in [2.24, 2.45) is 0 Å². The van der Waals surface area contributed by atoms with E-state index in [-0.39, 0.29) is 5.75 Å². The number of hydrogen-bond donors (Lipinski definition) is 1. The van der Waals surface area contributed by atoms with Gasteiger partial charge in [0.15, 0.2) is 0 Å². The van der Waals surface area contributed by atoms with E-state index in [1.165, 1.54) is 0 Å². The van der Waals surface area contributed by atoms with E-state index in [1.54, 1.807) is 6.07 Å². The summed E-state index contributed by atoms with van der Waals surface area (Å²) in [7, 11) is 0. The van der Waals surface area contributed by atoms with Crippen molar-refractivity contribution in [2.75, 3.05) is 0 Å². The largest absolute Gasteiger partial charge is 0.507 e. The van der Waals surface area contributed by atoms with Crippen LogP contribution in [0.4, 0.5) is 0 Å². The van der Waals surface area contributed by atoms with Crippen LogP contribution in [0.3, 0.4) is 0 Å². The summed E-state index contributed by atoms with van der Waals surface area (Å²) in [5.74, 6) is 0.239. The number of aromatic hydroxyl groups is 1. The van der Waals surface area contributed by atoms with E-state index in [0.717, 1.165) is 63.7 Å². The van der Waals surface area contributed by atoms with Crippen LogP contribution < -0.4 is 0 Å². The van der Waals surface area contributed by atoms with Crippen molar-refractivity contribution in [3.05, 3.63) is 87.8 Å². The first-order chi connectivity index (χ1) is 15.1. The predicted octanol–water partition coefficient (Wildman–Crippen LogP) is 7.99. The van der Waals surface area contributed by atoms with Gasteiger partial charge in [0, 0.05) is 19.9 Å². The Morgan fingerprint density at radius 1 is 0.613 bits per heavy atom. The summed E-state index contributed by atoms with van der Waals surface area (Å²) in [5.41, 5.74) is 5.08. The maximum atomic E-state index is 11.0. The molecule has 0 spiro atoms. The summed E-state index contributed by atoms with van der Waals surface area (Å²) >= 11 is 7.19. The van der Waals surface area contributed by atoms with Gasteiger partial charge in [0.25, 0.3) is 0 Å². The van der Waals surface area contributed by atoms with Crippen LogP contribution >= 0.6 is 31.9 Å². The molecule has 0 bridgehead atoms. The molecule has 1 N–H and O–H groups in total. The van der Waals surface area contributed by atoms with Gasteiger partial charge >= 0.3 is 0 Å². The Hall–Kier alpha value is -3.02. The molecule has 3 nitrogen and oxygen atoms in total. The molecule has 0 saturated heterocycles. The van der Waals surface area contributed by atoms with E-state index in [0.29, 0.717) is 0 Å². The van der Waals surface area contributed by atoms with Gasteiger partial charge in [-0.25, -0.2) is 9.97 Å². The minimum atomic E-state index is 0.239. The third-order valence-electron chi connectivity index (χ3n) is 5.64. The Kier molecular flexibility index (Phi) is 4.23. The molecule has 0 atom stereocenters. The lowest BCUT2D eigenvalue weighted by molar-refractivity contribution is 0.478. The fraction of sp³-hybridized carbons (Fsp3) is 0. The number of phenols is 1. The minimum Gasteiger partial charge on any atom is -0.507 e. The van der Waals surface area contributed by atoms with E-state index >= 15 is 0 Å². The van der Waals surface area contributed by atoms with Crippen molar-refractivity contribution in [3.63, 3.8) is 0 Å². The summed E-state index contributed by atoms with van der Waals surface area (Å²) in [6.45, 7) is 0. The van der Waals surface area contributed by atoms with Crippen molar-refractivity contribution < 1.29 is 5.11 Å². The van der Waals surface area contributed by atoms with Crippen LogP contribution in [-0.2, 0) is 0 Å². The third-order valence-corrected chi connectivity index (χ3v) is 6.62. The standard InChI is InChI=1S/C26H14Br2N2O/c27-15-7-5-14-6-10-24(31)25(18(14)11-15)19-13-23-26(20-12-16(28)8-9-17(19)20)30-22-4-2-1-3-21(22)29-23/h1-13,31H. The van der Waals surface area contributed by atoms with Gasteiger partial charge in [0.05, 0.1) is 22.1 Å². The van der Waals surface area contributed by atoms with Crippen LogP contribution in [0.1, 0.15) is 0 Å². The monoisotopic (exact) mass is 528 g/mol. The molecule has 5 aromatic carbocycles. The second-order valence-corrected chi connectivity index (χ2v) is 9.35. The molecule has 0 saturated carbocycles. The maximum absolute atomic E-state index is 11.0. The number of phenolic OH excluding ortho intramolecular Hbond substituents is 1. The summed E-state index contributed by atoms with van der Waals surface area (Å²) in [6.07, 6.45) is 0. The first-order valence-electron chi connectivity index (χ1n) is 9.79. The molecule has 0 amide bonds. The fourth-order valence-electron chi connectivity index (χ4n) is 4.24. The number of fused-ring (bicyclic) bond motifs is 5. The lowest BCUT2D eigenvalue weighted by atomic mass is 9.92. The Morgan fingerprint density at radius 2 is 1.29 bits per heavy atom. The van der Waals surface area contributed by atoms with E-state index < -0.39 is 0 Å². The molecule has 31 heavy (non-hydrogen) atoms. The average molecular weight is 530 g/mol. The maximum Gasteiger partial charge on any atom is 0.124 e. The van der Waals surface area contributed by atoms with Crippen LogP contribution in [-0.4, -0.2) is 15.1 Å². The Labute approximate surface area is 194 Å². The molecule has 0 aliphatic rings. The van der Waals surface area contributed by atoms with Crippen LogP contribution in [0, 0.1) is 0 Å². The molecule has 0 radical (unpaired) electrons. The first-order valence-corrected chi connectivity index (χ1v) is 11.4. The molecule has 1 aromatic heterocycles. The van der Waals surface area contributed by atoms with Crippen LogP contribution in [0.25, 0.3) is 54.7 Å². The van der Waals surface area contributed by atoms with E-state index in [9.17, 15) is 5.11 Å². The lowest BCUT2D eigenvalue weighted by Gasteiger charge is -2.15. The number of halogens is 2. The zero-order valence-electron chi connectivity index (χ0n) is 16.1. The van der Waals surface area contributed by atoms with Gasteiger partial charge in [-0.1, -0.05) is 62.2 Å². The summed E-state index contributed by atoms with van der Waals surface area (Å²) in [6, 6.07) is 25.9. The predicted molar refractivity (Wildman–Crippen MR) is 135 cm³/mol. The average Bonchev–Trinajstić information content (AvgIpc) is 2.77. The van der Waals surface area contributed by atoms with Gasteiger partial charge in [-0.05, 0) is 70.3 Å². The van der Waals surface area contributed by atoms with Crippen molar-refractivity contribution in [1.82, 2.24) is 9.97 Å². The lowest BCUT2D eigenvalue weighted by Crippen LogP contribution is -1.92. The quantitative estimate of drug-likeness (QED) is 0.173. The zero-order chi connectivity index (χ0) is 21.1. The highest BCUT2D eigenvalue weighted by Gasteiger charge is 2.17. The number of para-hydroxylation sites is 2. The molecule has 5 heteroatoms. The van der Waals surface area contributed by atoms with E-state index in [2.05, 4.69) is 50.1 Å². The van der Waals surface area contributed by atoms with Gasteiger partial charge < -0.3 is 5.11 Å². The molecule has 6 aromatic rings. The van der Waals surface area contributed by atoms with Crippen LogP contribution in [0.2, 0.25) is 0 Å². The van der Waals surface area contributed by atoms with Gasteiger partial charge in [-0.2, -0.15) is 0 Å². The Morgan fingerprint density at radius 3 is 2.10 bits per heavy atom. The SMILES string of the molecule is Oc1ccc2ccc(Br)cc2c1-c1cc2nc3ccccc3nc2c2cc(Br)ccc12. The van der Waals surface area contributed by atoms with Gasteiger partial charge in [-0.3, -0.25) is 0 Å². The second-order valence-electron chi connectivity index (χ2n) is 7.52. The molecule has 0 aliphatic carbocycles. The summed E-state index contributed by atoms with van der Waals surface area (Å²) < 4.78 is 1.93. The van der Waals surface area contributed by atoms with Crippen molar-refractivity contribution in [2.45, 2.75) is 0 Å². The molecular formula is C26H14Br2N2O. The molecule has 0 unspecified atom stereocenters. The van der Waals surface area contributed by atoms with Gasteiger partial charge in [0.2, 0.25) is 0 Å². The van der Waals surface area contributed by atoms with E-state index in [4.69, 9.17) is 9.97 Å². The number of benzene rings is 5. The molecule has 0 fully saturated rings. The smallest absolute Gasteiger partial charge is 0.124 e. The highest BCUT2D eigenvalue weighted by molar-refractivity contribution is 9.10. The fourth-order valence-corrected chi connectivity index (χ4v) is 4.97. The molecule has 0 aliphatic heterocycles. The van der Waals surface area contributed by atoms with Crippen molar-refractivity contribution >= 4 is 75.5 Å². The van der Waals surface area contributed by atoms with Crippen LogP contribution in [0.15, 0.2) is 87.8 Å². The van der Waals surface area contributed by atoms with E-state index in [1.807, 2.05) is 54.6 Å². The highest BCUT2D eigenvalue weighted by atomic mass is 79.9. The Bertz CT molecular complexity index is 1670. The summed E-state index contributed by atoms with van der Waals surface area (Å²) in [4.78, 5) is 9.83. The molecule has 6 rings (SSSR count). The molecule has 1 heterocycles. The van der Waals surface area contributed by atoms with Crippen molar-refractivity contribution in [1.29, 1.82) is 0 Å². The first kappa shape index (κ1) is 18.7. The molecule has 148 valence electrons. The van der Waals surface area contributed by atoms with Gasteiger partial charge in [0.1, 0.15) is 5.75 Å². The minimum absolute atomic E-state index is 0.239. The number of rotatable bonds is 1. The summed E-state index contributed by atoms with van der Waals surface area (Å²) in [5, 5.41) is 15.0. The van der Waals surface area contributed by atoms with Crippen molar-refractivity contribution in [3.8, 4) is 16.9 Å². The Balaban J connectivity index is 1.83.